The number of nitrogens with one attached hydrogen (secondary N) is 1. The van der Waals surface area contributed by atoms with Crippen LogP contribution in [-0.4, -0.2) is 19.3 Å². The highest BCUT2D eigenvalue weighted by atomic mass is 35.5. The Balaban J connectivity index is 2.07. The lowest BCUT2D eigenvalue weighted by atomic mass is 9.96. The summed E-state index contributed by atoms with van der Waals surface area (Å²) in [6.07, 6.45) is 5.10. The first-order valence-corrected chi connectivity index (χ1v) is 7.69. The van der Waals surface area contributed by atoms with Crippen molar-refractivity contribution >= 4 is 11.6 Å². The van der Waals surface area contributed by atoms with Crippen LogP contribution < -0.4 is 5.32 Å². The zero-order valence-corrected chi connectivity index (χ0v) is 12.7. The van der Waals surface area contributed by atoms with Crippen LogP contribution in [0.4, 0.5) is 0 Å². The Labute approximate surface area is 121 Å². The van der Waals surface area contributed by atoms with E-state index in [0.717, 1.165) is 30.2 Å². The van der Waals surface area contributed by atoms with Crippen molar-refractivity contribution in [1.29, 1.82) is 0 Å². The van der Waals surface area contributed by atoms with Gasteiger partial charge in [0.2, 0.25) is 0 Å². The number of benzene rings is 1. The Morgan fingerprint density at radius 3 is 2.89 bits per heavy atom. The molecule has 0 amide bonds. The van der Waals surface area contributed by atoms with Crippen molar-refractivity contribution in [3.63, 3.8) is 0 Å². The molecule has 1 N–H and O–H groups in total. The second kappa shape index (κ2) is 7.28. The third-order valence-electron chi connectivity index (χ3n) is 3.82. The molecule has 1 aromatic carbocycles. The fourth-order valence-electron chi connectivity index (χ4n) is 2.67. The lowest BCUT2D eigenvalue weighted by Crippen LogP contribution is -2.28. The molecule has 0 aliphatic carbocycles. The fraction of sp³-hybridized carbons (Fsp3) is 0.625. The predicted molar refractivity (Wildman–Crippen MR) is 80.8 cm³/mol. The summed E-state index contributed by atoms with van der Waals surface area (Å²) >= 11 is 6.24. The molecule has 2 rings (SSSR count). The van der Waals surface area contributed by atoms with Crippen LogP contribution in [0.1, 0.15) is 49.8 Å². The van der Waals surface area contributed by atoms with Crippen molar-refractivity contribution in [3.05, 3.63) is 34.3 Å². The molecule has 1 aliphatic heterocycles. The summed E-state index contributed by atoms with van der Waals surface area (Å²) in [5.41, 5.74) is 2.40. The van der Waals surface area contributed by atoms with Crippen LogP contribution in [0.3, 0.4) is 0 Å². The summed E-state index contributed by atoms with van der Waals surface area (Å²) in [5, 5.41) is 4.41. The minimum Gasteiger partial charge on any atom is -0.378 e. The zero-order chi connectivity index (χ0) is 13.7. The second-order valence-corrected chi connectivity index (χ2v) is 5.75. The van der Waals surface area contributed by atoms with Gasteiger partial charge in [-0.05, 0) is 56.3 Å². The number of aryl methyl sites for hydroxylation is 1. The van der Waals surface area contributed by atoms with Crippen molar-refractivity contribution < 1.29 is 4.74 Å². The Morgan fingerprint density at radius 2 is 2.26 bits per heavy atom. The van der Waals surface area contributed by atoms with Crippen LogP contribution in [0.2, 0.25) is 5.02 Å². The average Bonchev–Trinajstić information content (AvgIpc) is 2.43. The molecule has 2 atom stereocenters. The van der Waals surface area contributed by atoms with Gasteiger partial charge >= 0.3 is 0 Å². The quantitative estimate of drug-likeness (QED) is 0.871. The van der Waals surface area contributed by atoms with Crippen LogP contribution >= 0.6 is 11.6 Å². The van der Waals surface area contributed by atoms with Crippen LogP contribution in [0.15, 0.2) is 18.2 Å². The molecule has 0 bridgehead atoms. The van der Waals surface area contributed by atoms with Gasteiger partial charge in [-0.2, -0.15) is 0 Å². The Bertz CT molecular complexity index is 402. The minimum absolute atomic E-state index is 0.339. The summed E-state index contributed by atoms with van der Waals surface area (Å²) in [7, 11) is 0. The fourth-order valence-corrected chi connectivity index (χ4v) is 2.85. The van der Waals surface area contributed by atoms with Gasteiger partial charge in [0.25, 0.3) is 0 Å². The number of rotatable bonds is 5. The van der Waals surface area contributed by atoms with Crippen molar-refractivity contribution in [2.75, 3.05) is 13.2 Å². The van der Waals surface area contributed by atoms with Gasteiger partial charge in [-0.15, -0.1) is 0 Å². The molecule has 106 valence electrons. The summed E-state index contributed by atoms with van der Waals surface area (Å²) in [5.74, 6) is 0. The molecule has 1 heterocycles. The monoisotopic (exact) mass is 281 g/mol. The first kappa shape index (κ1) is 14.8. The van der Waals surface area contributed by atoms with Crippen molar-refractivity contribution in [1.82, 2.24) is 5.32 Å². The molecule has 1 saturated heterocycles. The third-order valence-corrected chi connectivity index (χ3v) is 4.23. The molecule has 0 saturated carbocycles. The lowest BCUT2D eigenvalue weighted by molar-refractivity contribution is 0.00514. The van der Waals surface area contributed by atoms with E-state index in [1.165, 1.54) is 24.8 Å². The predicted octanol–water partition coefficient (Wildman–Crippen LogP) is 4.26. The van der Waals surface area contributed by atoms with E-state index in [1.807, 2.05) is 6.92 Å². The normalized spacial score (nSPS) is 21.3. The van der Waals surface area contributed by atoms with E-state index in [-0.39, 0.29) is 0 Å². The van der Waals surface area contributed by atoms with E-state index < -0.39 is 0 Å². The Kier molecular flexibility index (Phi) is 5.68. The SMILES string of the molecule is CCNC(CC1CCCCO1)c1ccc(C)c(Cl)c1. The summed E-state index contributed by atoms with van der Waals surface area (Å²) in [6.45, 7) is 6.06. The second-order valence-electron chi connectivity index (χ2n) is 5.34. The van der Waals surface area contributed by atoms with Crippen LogP contribution in [-0.2, 0) is 4.74 Å². The van der Waals surface area contributed by atoms with Gasteiger partial charge in [-0.25, -0.2) is 0 Å². The molecule has 1 fully saturated rings. The smallest absolute Gasteiger partial charge is 0.0593 e. The molecule has 19 heavy (non-hydrogen) atoms. The van der Waals surface area contributed by atoms with E-state index in [4.69, 9.17) is 16.3 Å². The van der Waals surface area contributed by atoms with Crippen molar-refractivity contribution in [3.8, 4) is 0 Å². The van der Waals surface area contributed by atoms with E-state index in [0.29, 0.717) is 12.1 Å². The molecule has 3 heteroatoms. The van der Waals surface area contributed by atoms with Crippen LogP contribution in [0.5, 0.6) is 0 Å². The molecular formula is C16H24ClNO. The maximum absolute atomic E-state index is 6.24. The van der Waals surface area contributed by atoms with E-state index in [9.17, 15) is 0 Å². The molecule has 0 spiro atoms. The van der Waals surface area contributed by atoms with Gasteiger partial charge in [-0.3, -0.25) is 0 Å². The third kappa shape index (κ3) is 4.20. The number of halogens is 1. The summed E-state index contributed by atoms with van der Waals surface area (Å²) in [4.78, 5) is 0. The molecule has 0 radical (unpaired) electrons. The highest BCUT2D eigenvalue weighted by molar-refractivity contribution is 6.31. The molecular weight excluding hydrogens is 258 g/mol. The maximum Gasteiger partial charge on any atom is 0.0593 e. The summed E-state index contributed by atoms with van der Waals surface area (Å²) < 4.78 is 5.86. The molecule has 1 aliphatic rings. The van der Waals surface area contributed by atoms with Crippen LogP contribution in [0, 0.1) is 6.92 Å². The van der Waals surface area contributed by atoms with E-state index >= 15 is 0 Å². The van der Waals surface area contributed by atoms with E-state index in [2.05, 4.69) is 30.4 Å². The number of ether oxygens (including phenoxy) is 1. The Morgan fingerprint density at radius 1 is 1.42 bits per heavy atom. The van der Waals surface area contributed by atoms with Gasteiger partial charge < -0.3 is 10.1 Å². The van der Waals surface area contributed by atoms with Gasteiger partial charge in [0, 0.05) is 17.7 Å². The first-order valence-electron chi connectivity index (χ1n) is 7.31. The topological polar surface area (TPSA) is 21.3 Å². The average molecular weight is 282 g/mol. The van der Waals surface area contributed by atoms with Gasteiger partial charge in [0.05, 0.1) is 6.10 Å². The first-order chi connectivity index (χ1) is 9.20. The van der Waals surface area contributed by atoms with Crippen LogP contribution in [0.25, 0.3) is 0 Å². The van der Waals surface area contributed by atoms with E-state index in [1.54, 1.807) is 0 Å². The molecule has 0 aromatic heterocycles. The van der Waals surface area contributed by atoms with Gasteiger partial charge in [0.1, 0.15) is 0 Å². The lowest BCUT2D eigenvalue weighted by Gasteiger charge is -2.28. The molecule has 2 nitrogen and oxygen atoms in total. The standard InChI is InChI=1S/C16H24ClNO/c1-3-18-16(11-14-6-4-5-9-19-14)13-8-7-12(2)15(17)10-13/h7-8,10,14,16,18H,3-6,9,11H2,1-2H3. The summed E-state index contributed by atoms with van der Waals surface area (Å²) in [6, 6.07) is 6.71. The van der Waals surface area contributed by atoms with Crippen molar-refractivity contribution in [2.24, 2.45) is 0 Å². The number of hydrogen-bond acceptors (Lipinski definition) is 2. The highest BCUT2D eigenvalue weighted by Crippen LogP contribution is 2.27. The zero-order valence-electron chi connectivity index (χ0n) is 11.9. The Hall–Kier alpha value is -0.570. The minimum atomic E-state index is 0.339. The van der Waals surface area contributed by atoms with Crippen molar-refractivity contribution in [2.45, 2.75) is 51.7 Å². The molecule has 2 unspecified atom stereocenters. The number of hydrogen-bond donors (Lipinski definition) is 1. The highest BCUT2D eigenvalue weighted by Gasteiger charge is 2.20. The largest absolute Gasteiger partial charge is 0.378 e. The van der Waals surface area contributed by atoms with Gasteiger partial charge in [0.15, 0.2) is 0 Å². The molecule has 1 aromatic rings. The van der Waals surface area contributed by atoms with Gasteiger partial charge in [-0.1, -0.05) is 30.7 Å². The maximum atomic E-state index is 6.24.